The van der Waals surface area contributed by atoms with Crippen LogP contribution in [0.2, 0.25) is 0 Å². The van der Waals surface area contributed by atoms with Crippen molar-refractivity contribution >= 4 is 45.1 Å². The van der Waals surface area contributed by atoms with E-state index in [-0.39, 0.29) is 5.91 Å². The molecule has 3 aromatic heterocycles. The average Bonchev–Trinajstić information content (AvgIpc) is 3.48. The van der Waals surface area contributed by atoms with Crippen molar-refractivity contribution in [1.82, 2.24) is 19.3 Å². The van der Waals surface area contributed by atoms with E-state index < -0.39 is 0 Å². The van der Waals surface area contributed by atoms with Crippen LogP contribution in [0.3, 0.4) is 0 Å². The first-order valence-electron chi connectivity index (χ1n) is 11.1. The summed E-state index contributed by atoms with van der Waals surface area (Å²) in [6.45, 7) is 0.817. The third kappa shape index (κ3) is 4.86. The first-order valence-corrected chi connectivity index (χ1v) is 11.9. The van der Waals surface area contributed by atoms with Crippen molar-refractivity contribution in [3.8, 4) is 11.4 Å². The molecule has 2 aromatic carbocycles. The van der Waals surface area contributed by atoms with E-state index in [1.54, 1.807) is 24.3 Å². The van der Waals surface area contributed by atoms with Gasteiger partial charge in [-0.3, -0.25) is 9.20 Å². The Labute approximate surface area is 207 Å². The Hall–Kier alpha value is -4.21. The molecular formula is C26H25N7OS. The third-order valence-corrected chi connectivity index (χ3v) is 6.23. The van der Waals surface area contributed by atoms with Crippen LogP contribution in [0.4, 0.5) is 22.2 Å². The van der Waals surface area contributed by atoms with Crippen LogP contribution in [-0.4, -0.2) is 39.3 Å². The molecule has 0 atom stereocenters. The molecule has 5 rings (SSSR count). The maximum atomic E-state index is 12.6. The van der Waals surface area contributed by atoms with Crippen molar-refractivity contribution in [2.75, 3.05) is 30.5 Å². The molecule has 5 aromatic rings. The number of rotatable bonds is 7. The number of thiazole rings is 1. The number of nitrogens with two attached hydrogens (primary N) is 1. The van der Waals surface area contributed by atoms with Crippen LogP contribution in [0.5, 0.6) is 0 Å². The zero-order valence-corrected chi connectivity index (χ0v) is 20.2. The molecule has 0 aliphatic carbocycles. The summed E-state index contributed by atoms with van der Waals surface area (Å²) in [4.78, 5) is 24.1. The Bertz CT molecular complexity index is 1490. The van der Waals surface area contributed by atoms with Crippen molar-refractivity contribution < 1.29 is 4.79 Å². The molecule has 0 unspecified atom stereocenters. The van der Waals surface area contributed by atoms with E-state index in [0.717, 1.165) is 40.0 Å². The molecule has 8 nitrogen and oxygen atoms in total. The Morgan fingerprint density at radius 3 is 2.66 bits per heavy atom. The quantitative estimate of drug-likeness (QED) is 0.279. The number of anilines is 4. The molecule has 0 fully saturated rings. The minimum absolute atomic E-state index is 0.216. The molecule has 0 bridgehead atoms. The smallest absolute Gasteiger partial charge is 0.255 e. The molecule has 0 radical (unpaired) electrons. The Kier molecular flexibility index (Phi) is 6.17. The topological polar surface area (TPSA) is 101 Å². The van der Waals surface area contributed by atoms with Gasteiger partial charge in [0.2, 0.25) is 0 Å². The Morgan fingerprint density at radius 2 is 1.89 bits per heavy atom. The maximum absolute atomic E-state index is 12.6. The van der Waals surface area contributed by atoms with Crippen molar-refractivity contribution in [2.24, 2.45) is 0 Å². The number of carbonyl (C=O) groups is 1. The van der Waals surface area contributed by atoms with E-state index in [2.05, 4.69) is 31.0 Å². The fourth-order valence-electron chi connectivity index (χ4n) is 3.81. The molecule has 0 saturated carbocycles. The van der Waals surface area contributed by atoms with Gasteiger partial charge in [-0.25, -0.2) is 9.97 Å². The lowest BCUT2D eigenvalue weighted by Crippen LogP contribution is -2.13. The number of amides is 1. The first-order chi connectivity index (χ1) is 17.0. The van der Waals surface area contributed by atoms with Gasteiger partial charge >= 0.3 is 0 Å². The Balaban J connectivity index is 1.30. The largest absolute Gasteiger partial charge is 0.397 e. The van der Waals surface area contributed by atoms with E-state index in [0.29, 0.717) is 16.9 Å². The van der Waals surface area contributed by atoms with E-state index in [1.165, 1.54) is 11.3 Å². The molecular weight excluding hydrogens is 458 g/mol. The molecule has 0 saturated heterocycles. The van der Waals surface area contributed by atoms with E-state index in [1.807, 2.05) is 62.2 Å². The van der Waals surface area contributed by atoms with Gasteiger partial charge < -0.3 is 21.3 Å². The van der Waals surface area contributed by atoms with Crippen molar-refractivity contribution in [2.45, 2.75) is 6.54 Å². The number of hydrogen-bond acceptors (Lipinski definition) is 7. The van der Waals surface area contributed by atoms with Gasteiger partial charge in [0.15, 0.2) is 5.13 Å². The highest BCUT2D eigenvalue weighted by atomic mass is 32.1. The standard InChI is InChI=1S/C26H25N7OS/c1-32(2)15-18-6-5-13-33-23(14-28-24(18)33)22-16-35-26(31-22)29-19-11-9-17(10-12-19)25(34)30-21-8-4-3-7-20(21)27/h3-14,16H,15,27H2,1-2H3,(H,29,31)(H,30,34). The predicted octanol–water partition coefficient (Wildman–Crippen LogP) is 5.10. The summed E-state index contributed by atoms with van der Waals surface area (Å²) in [7, 11) is 4.09. The lowest BCUT2D eigenvalue weighted by Gasteiger charge is -2.10. The SMILES string of the molecule is CN(C)Cc1cccn2c(-c3csc(Nc4ccc(C(=O)Nc5ccccc5N)cc4)n3)cnc12. The highest BCUT2D eigenvalue weighted by molar-refractivity contribution is 7.14. The molecule has 176 valence electrons. The molecule has 3 heterocycles. The lowest BCUT2D eigenvalue weighted by molar-refractivity contribution is 0.102. The summed E-state index contributed by atoms with van der Waals surface area (Å²) >= 11 is 1.52. The van der Waals surface area contributed by atoms with Crippen molar-refractivity contribution in [3.63, 3.8) is 0 Å². The van der Waals surface area contributed by atoms with Crippen LogP contribution in [0, 0.1) is 0 Å². The summed E-state index contributed by atoms with van der Waals surface area (Å²) in [5.74, 6) is -0.216. The molecule has 0 spiro atoms. The van der Waals surface area contributed by atoms with E-state index in [4.69, 9.17) is 10.7 Å². The highest BCUT2D eigenvalue weighted by Crippen LogP contribution is 2.29. The number of para-hydroxylation sites is 2. The molecule has 4 N–H and O–H groups in total. The van der Waals surface area contributed by atoms with E-state index >= 15 is 0 Å². The number of aromatic nitrogens is 3. The summed E-state index contributed by atoms with van der Waals surface area (Å²) in [5, 5.41) is 8.92. The second kappa shape index (κ2) is 9.57. The average molecular weight is 484 g/mol. The van der Waals surface area contributed by atoms with Crippen LogP contribution < -0.4 is 16.4 Å². The van der Waals surface area contributed by atoms with Crippen LogP contribution >= 0.6 is 11.3 Å². The highest BCUT2D eigenvalue weighted by Gasteiger charge is 2.13. The first kappa shape index (κ1) is 22.6. The van der Waals surface area contributed by atoms with Crippen molar-refractivity contribution in [3.05, 3.63) is 89.6 Å². The molecule has 1 amide bonds. The fraction of sp³-hybridized carbons (Fsp3) is 0.115. The normalized spacial score (nSPS) is 11.2. The molecule has 0 aliphatic rings. The number of carbonyl (C=O) groups excluding carboxylic acids is 1. The summed E-state index contributed by atoms with van der Waals surface area (Å²) in [6.07, 6.45) is 3.87. The third-order valence-electron chi connectivity index (χ3n) is 5.48. The van der Waals surface area contributed by atoms with Crippen LogP contribution in [0.1, 0.15) is 15.9 Å². The maximum Gasteiger partial charge on any atom is 0.255 e. The number of nitrogen functional groups attached to an aromatic ring is 1. The zero-order valence-electron chi connectivity index (χ0n) is 19.4. The number of hydrogen-bond donors (Lipinski definition) is 3. The van der Waals surface area contributed by atoms with Gasteiger partial charge in [0, 0.05) is 34.9 Å². The van der Waals surface area contributed by atoms with Gasteiger partial charge in [-0.2, -0.15) is 0 Å². The number of fused-ring (bicyclic) bond motifs is 1. The molecule has 0 aliphatic heterocycles. The Morgan fingerprint density at radius 1 is 1.09 bits per heavy atom. The second-order valence-electron chi connectivity index (χ2n) is 8.39. The summed E-state index contributed by atoms with van der Waals surface area (Å²) < 4.78 is 2.07. The number of benzene rings is 2. The minimum Gasteiger partial charge on any atom is -0.397 e. The fourth-order valence-corrected chi connectivity index (χ4v) is 4.53. The van der Waals surface area contributed by atoms with Gasteiger partial charge in [-0.15, -0.1) is 11.3 Å². The molecule has 35 heavy (non-hydrogen) atoms. The summed E-state index contributed by atoms with van der Waals surface area (Å²) in [5.41, 5.74) is 12.3. The van der Waals surface area contributed by atoms with Crippen LogP contribution in [-0.2, 0) is 6.54 Å². The van der Waals surface area contributed by atoms with Gasteiger partial charge in [-0.1, -0.05) is 18.2 Å². The number of imidazole rings is 1. The van der Waals surface area contributed by atoms with Gasteiger partial charge in [-0.05, 0) is 56.6 Å². The van der Waals surface area contributed by atoms with Crippen molar-refractivity contribution in [1.29, 1.82) is 0 Å². The second-order valence-corrected chi connectivity index (χ2v) is 9.25. The van der Waals surface area contributed by atoms with Gasteiger partial charge in [0.25, 0.3) is 5.91 Å². The number of nitrogens with zero attached hydrogens (tertiary/aromatic N) is 4. The van der Waals surface area contributed by atoms with Gasteiger partial charge in [0.05, 0.1) is 23.3 Å². The predicted molar refractivity (Wildman–Crippen MR) is 142 cm³/mol. The summed E-state index contributed by atoms with van der Waals surface area (Å²) in [6, 6.07) is 18.5. The lowest BCUT2D eigenvalue weighted by atomic mass is 10.2. The number of pyridine rings is 1. The van der Waals surface area contributed by atoms with Gasteiger partial charge in [0.1, 0.15) is 11.3 Å². The zero-order chi connectivity index (χ0) is 24.4. The van der Waals surface area contributed by atoms with Crippen LogP contribution in [0.25, 0.3) is 17.0 Å². The van der Waals surface area contributed by atoms with Crippen LogP contribution in [0.15, 0.2) is 78.4 Å². The molecule has 9 heteroatoms. The monoisotopic (exact) mass is 483 g/mol. The minimum atomic E-state index is -0.216. The van der Waals surface area contributed by atoms with E-state index in [9.17, 15) is 4.79 Å². The number of nitrogens with one attached hydrogen (secondary N) is 2.